The Hall–Kier alpha value is -0.850. The predicted octanol–water partition coefficient (Wildman–Crippen LogP) is 0.534. The van der Waals surface area contributed by atoms with Crippen molar-refractivity contribution in [2.45, 2.75) is 45.6 Å². The summed E-state index contributed by atoms with van der Waals surface area (Å²) in [6.45, 7) is 7.38. The molecule has 0 bridgehead atoms. The third kappa shape index (κ3) is 7.42. The van der Waals surface area contributed by atoms with Crippen LogP contribution in [0.3, 0.4) is 0 Å². The fraction of sp³-hybridized carbons (Fsp3) is 0.867. The van der Waals surface area contributed by atoms with E-state index in [0.717, 1.165) is 32.5 Å². The molecule has 0 aromatic rings. The molecule has 7 heteroatoms. The molecule has 2 atom stereocenters. The van der Waals surface area contributed by atoms with Crippen LogP contribution in [-0.2, 0) is 9.59 Å². The van der Waals surface area contributed by atoms with E-state index in [1.807, 2.05) is 18.7 Å². The highest BCUT2D eigenvalue weighted by Gasteiger charge is 2.25. The molecule has 2 unspecified atom stereocenters. The molecule has 0 saturated carbocycles. The van der Waals surface area contributed by atoms with Crippen LogP contribution in [0.5, 0.6) is 0 Å². The van der Waals surface area contributed by atoms with Gasteiger partial charge in [-0.15, -0.1) is 12.4 Å². The van der Waals surface area contributed by atoms with Crippen LogP contribution in [0.1, 0.15) is 39.5 Å². The largest absolute Gasteiger partial charge is 0.391 e. The standard InChI is InChI=1S/C15H29N3O3.ClH/c1-3-7-18(8-4-2)15(21)6-5-14(20)17-10-12-9-16-11-13(12)19;/h12-13,16,19H,3-11H2,1-2H3,(H,17,20);1H. The normalized spacial score (nSPS) is 20.3. The number of amides is 2. The van der Waals surface area contributed by atoms with Gasteiger partial charge in [-0.25, -0.2) is 0 Å². The van der Waals surface area contributed by atoms with Crippen molar-refractivity contribution < 1.29 is 14.7 Å². The van der Waals surface area contributed by atoms with E-state index in [-0.39, 0.29) is 43.0 Å². The van der Waals surface area contributed by atoms with E-state index < -0.39 is 6.10 Å². The van der Waals surface area contributed by atoms with Crippen molar-refractivity contribution in [1.82, 2.24) is 15.5 Å². The first-order valence-corrected chi connectivity index (χ1v) is 8.01. The van der Waals surface area contributed by atoms with Gasteiger partial charge in [0.2, 0.25) is 11.8 Å². The molecule has 0 aromatic carbocycles. The second kappa shape index (κ2) is 11.7. The van der Waals surface area contributed by atoms with Gasteiger partial charge in [-0.3, -0.25) is 9.59 Å². The second-order valence-electron chi connectivity index (χ2n) is 5.67. The zero-order valence-corrected chi connectivity index (χ0v) is 14.5. The molecule has 1 rings (SSSR count). The van der Waals surface area contributed by atoms with Gasteiger partial charge in [0.05, 0.1) is 6.10 Å². The lowest BCUT2D eigenvalue weighted by atomic mass is 10.1. The van der Waals surface area contributed by atoms with Crippen LogP contribution >= 0.6 is 12.4 Å². The number of β-amino-alcohol motifs (C(OH)–C–C–N with tert-alkyl or cyclic N) is 1. The minimum atomic E-state index is -0.392. The molecule has 1 heterocycles. The summed E-state index contributed by atoms with van der Waals surface area (Å²) in [7, 11) is 0. The Kier molecular flexibility index (Phi) is 11.2. The van der Waals surface area contributed by atoms with Crippen LogP contribution in [-0.4, -0.2) is 60.6 Å². The minimum absolute atomic E-state index is 0. The number of nitrogens with one attached hydrogen (secondary N) is 2. The Bertz CT molecular complexity index is 336. The molecule has 22 heavy (non-hydrogen) atoms. The van der Waals surface area contributed by atoms with Crippen molar-refractivity contribution in [3.63, 3.8) is 0 Å². The second-order valence-corrected chi connectivity index (χ2v) is 5.67. The summed E-state index contributed by atoms with van der Waals surface area (Å²) in [4.78, 5) is 25.6. The van der Waals surface area contributed by atoms with Gasteiger partial charge in [-0.05, 0) is 12.8 Å². The molecular weight excluding hydrogens is 306 g/mol. The minimum Gasteiger partial charge on any atom is -0.391 e. The van der Waals surface area contributed by atoms with Gasteiger partial charge in [-0.1, -0.05) is 13.8 Å². The van der Waals surface area contributed by atoms with Crippen LogP contribution in [0, 0.1) is 5.92 Å². The molecule has 1 fully saturated rings. The van der Waals surface area contributed by atoms with E-state index in [1.165, 1.54) is 0 Å². The van der Waals surface area contributed by atoms with Crippen molar-refractivity contribution in [2.24, 2.45) is 5.92 Å². The number of aliphatic hydroxyl groups is 1. The molecule has 3 N–H and O–H groups in total. The first kappa shape index (κ1) is 21.1. The van der Waals surface area contributed by atoms with Crippen LogP contribution in [0.15, 0.2) is 0 Å². The highest BCUT2D eigenvalue weighted by atomic mass is 35.5. The average molecular weight is 336 g/mol. The molecule has 2 amide bonds. The highest BCUT2D eigenvalue weighted by molar-refractivity contribution is 5.85. The zero-order valence-electron chi connectivity index (χ0n) is 13.6. The number of aliphatic hydroxyl groups excluding tert-OH is 1. The number of hydrogen-bond donors (Lipinski definition) is 3. The number of halogens is 1. The third-order valence-corrected chi connectivity index (χ3v) is 3.77. The van der Waals surface area contributed by atoms with E-state index in [2.05, 4.69) is 10.6 Å². The summed E-state index contributed by atoms with van der Waals surface area (Å²) >= 11 is 0. The summed E-state index contributed by atoms with van der Waals surface area (Å²) < 4.78 is 0. The van der Waals surface area contributed by atoms with Crippen LogP contribution in [0.2, 0.25) is 0 Å². The molecule has 0 aromatic heterocycles. The molecule has 0 radical (unpaired) electrons. The Morgan fingerprint density at radius 2 is 1.82 bits per heavy atom. The summed E-state index contributed by atoms with van der Waals surface area (Å²) in [5.74, 6) is 0.00754. The monoisotopic (exact) mass is 335 g/mol. The number of nitrogens with zero attached hydrogens (tertiary/aromatic N) is 1. The lowest BCUT2D eigenvalue weighted by Crippen LogP contribution is -2.36. The molecule has 6 nitrogen and oxygen atoms in total. The SMILES string of the molecule is CCCN(CCC)C(=O)CCC(=O)NCC1CNCC1O.Cl. The summed E-state index contributed by atoms with van der Waals surface area (Å²) in [5, 5.41) is 15.5. The maximum atomic E-state index is 12.0. The lowest BCUT2D eigenvalue weighted by molar-refractivity contribution is -0.133. The number of rotatable bonds is 9. The van der Waals surface area contributed by atoms with Crippen molar-refractivity contribution >= 4 is 24.2 Å². The van der Waals surface area contributed by atoms with E-state index in [1.54, 1.807) is 0 Å². The number of hydrogen-bond acceptors (Lipinski definition) is 4. The molecule has 1 saturated heterocycles. The third-order valence-electron chi connectivity index (χ3n) is 3.77. The zero-order chi connectivity index (χ0) is 15.7. The molecule has 130 valence electrons. The van der Waals surface area contributed by atoms with Gasteiger partial charge in [-0.2, -0.15) is 0 Å². The predicted molar refractivity (Wildman–Crippen MR) is 89.0 cm³/mol. The fourth-order valence-corrected chi connectivity index (χ4v) is 2.54. The smallest absolute Gasteiger partial charge is 0.223 e. The van der Waals surface area contributed by atoms with E-state index in [9.17, 15) is 14.7 Å². The maximum Gasteiger partial charge on any atom is 0.223 e. The first-order valence-electron chi connectivity index (χ1n) is 8.01. The van der Waals surface area contributed by atoms with Gasteiger partial charge in [0.25, 0.3) is 0 Å². The first-order chi connectivity index (χ1) is 10.1. The molecule has 0 aliphatic carbocycles. The molecular formula is C15H30ClN3O3. The fourth-order valence-electron chi connectivity index (χ4n) is 2.54. The van der Waals surface area contributed by atoms with Crippen LogP contribution in [0.25, 0.3) is 0 Å². The van der Waals surface area contributed by atoms with Gasteiger partial charge in [0, 0.05) is 51.5 Å². The van der Waals surface area contributed by atoms with Crippen LogP contribution in [0.4, 0.5) is 0 Å². The van der Waals surface area contributed by atoms with Crippen molar-refractivity contribution in [3.05, 3.63) is 0 Å². The number of carbonyl (C=O) groups excluding carboxylic acids is 2. The average Bonchev–Trinajstić information content (AvgIpc) is 2.87. The molecule has 1 aliphatic heterocycles. The summed E-state index contributed by atoms with van der Waals surface area (Å²) in [5.41, 5.74) is 0. The lowest BCUT2D eigenvalue weighted by Gasteiger charge is -2.21. The quantitative estimate of drug-likeness (QED) is 0.574. The van der Waals surface area contributed by atoms with Gasteiger partial charge in [0.1, 0.15) is 0 Å². The van der Waals surface area contributed by atoms with Gasteiger partial charge < -0.3 is 20.6 Å². The maximum absolute atomic E-state index is 12.0. The van der Waals surface area contributed by atoms with E-state index >= 15 is 0 Å². The van der Waals surface area contributed by atoms with Crippen LogP contribution < -0.4 is 10.6 Å². The number of carbonyl (C=O) groups is 2. The summed E-state index contributed by atoms with van der Waals surface area (Å²) in [6.07, 6.45) is 1.96. The molecule has 0 spiro atoms. The Labute approximate surface area is 139 Å². The van der Waals surface area contributed by atoms with Gasteiger partial charge >= 0.3 is 0 Å². The Balaban J connectivity index is 0.00000441. The van der Waals surface area contributed by atoms with E-state index in [0.29, 0.717) is 13.1 Å². The summed E-state index contributed by atoms with van der Waals surface area (Å²) in [6, 6.07) is 0. The topological polar surface area (TPSA) is 81.7 Å². The van der Waals surface area contributed by atoms with Crippen molar-refractivity contribution in [3.8, 4) is 0 Å². The van der Waals surface area contributed by atoms with E-state index in [4.69, 9.17) is 0 Å². The Morgan fingerprint density at radius 1 is 1.18 bits per heavy atom. The van der Waals surface area contributed by atoms with Crippen molar-refractivity contribution in [2.75, 3.05) is 32.7 Å². The van der Waals surface area contributed by atoms with Crippen molar-refractivity contribution in [1.29, 1.82) is 0 Å². The highest BCUT2D eigenvalue weighted by Crippen LogP contribution is 2.07. The van der Waals surface area contributed by atoms with Gasteiger partial charge in [0.15, 0.2) is 0 Å². The Morgan fingerprint density at radius 3 is 2.32 bits per heavy atom. The molecule has 1 aliphatic rings.